The van der Waals surface area contributed by atoms with E-state index in [1.807, 2.05) is 49.4 Å². The fraction of sp³-hybridized carbons (Fsp3) is 0.235. The zero-order valence-electron chi connectivity index (χ0n) is 11.0. The van der Waals surface area contributed by atoms with Crippen molar-refractivity contribution in [1.82, 2.24) is 0 Å². The quantitative estimate of drug-likeness (QED) is 0.828. The van der Waals surface area contributed by atoms with Gasteiger partial charge in [-0.1, -0.05) is 36.4 Å². The number of benzene rings is 2. The lowest BCUT2D eigenvalue weighted by atomic mass is 9.96. The van der Waals surface area contributed by atoms with E-state index in [-0.39, 0.29) is 5.78 Å². The van der Waals surface area contributed by atoms with Crippen molar-refractivity contribution >= 4 is 5.78 Å². The molecule has 0 aromatic heterocycles. The summed E-state index contributed by atoms with van der Waals surface area (Å²) in [5.41, 5.74) is 4.06. The summed E-state index contributed by atoms with van der Waals surface area (Å²) in [5.74, 6) is 1.09. The molecule has 0 unspecified atom stereocenters. The molecule has 2 aromatic rings. The van der Waals surface area contributed by atoms with Crippen LogP contribution >= 0.6 is 0 Å². The molecular weight excluding hydrogens is 236 g/mol. The van der Waals surface area contributed by atoms with Gasteiger partial charge in [0.25, 0.3) is 0 Å². The fourth-order valence-corrected chi connectivity index (χ4v) is 2.71. The molecule has 0 bridgehead atoms. The Labute approximate surface area is 113 Å². The minimum atomic E-state index is 0.247. The average molecular weight is 252 g/mol. The van der Waals surface area contributed by atoms with E-state index in [4.69, 9.17) is 4.74 Å². The maximum atomic E-state index is 12.1. The Bertz CT molecular complexity index is 629. The molecule has 2 nitrogen and oxygen atoms in total. The highest BCUT2D eigenvalue weighted by molar-refractivity contribution is 6.06. The number of hydrogen-bond acceptors (Lipinski definition) is 2. The average Bonchev–Trinajstić information content (AvgIpc) is 2.82. The van der Waals surface area contributed by atoms with E-state index in [9.17, 15) is 4.79 Å². The molecule has 0 radical (unpaired) electrons. The lowest BCUT2D eigenvalue weighted by molar-refractivity contribution is 0.0995. The zero-order valence-corrected chi connectivity index (χ0v) is 11.0. The van der Waals surface area contributed by atoms with Crippen LogP contribution in [0.2, 0.25) is 0 Å². The van der Waals surface area contributed by atoms with Gasteiger partial charge in [-0.2, -0.15) is 0 Å². The third-order valence-electron chi connectivity index (χ3n) is 3.53. The minimum absolute atomic E-state index is 0.247. The maximum Gasteiger partial charge on any atom is 0.164 e. The molecule has 0 saturated carbocycles. The van der Waals surface area contributed by atoms with Crippen molar-refractivity contribution in [3.63, 3.8) is 0 Å². The van der Waals surface area contributed by atoms with E-state index in [0.717, 1.165) is 34.4 Å². The monoisotopic (exact) mass is 252 g/mol. The van der Waals surface area contributed by atoms with Crippen molar-refractivity contribution in [1.29, 1.82) is 0 Å². The number of fused-ring (bicyclic) bond motifs is 1. The standard InChI is InChI=1S/C17H16O2/c1-2-19-16-9-4-3-7-13(16)14-8-5-6-12-10-11-15(18)17(12)14/h3-9H,2,10-11H2,1H3. The first-order valence-corrected chi connectivity index (χ1v) is 6.68. The third-order valence-corrected chi connectivity index (χ3v) is 3.53. The van der Waals surface area contributed by atoms with Gasteiger partial charge in [0.2, 0.25) is 0 Å². The second kappa shape index (κ2) is 4.88. The summed E-state index contributed by atoms with van der Waals surface area (Å²) in [6.07, 6.45) is 1.49. The summed E-state index contributed by atoms with van der Waals surface area (Å²) >= 11 is 0. The molecule has 2 aromatic carbocycles. The number of aryl methyl sites for hydroxylation is 1. The molecule has 2 heteroatoms. The van der Waals surface area contributed by atoms with Gasteiger partial charge in [0, 0.05) is 17.5 Å². The van der Waals surface area contributed by atoms with Crippen molar-refractivity contribution in [3.8, 4) is 16.9 Å². The number of carbonyl (C=O) groups excluding carboxylic acids is 1. The van der Waals surface area contributed by atoms with E-state index >= 15 is 0 Å². The molecule has 0 saturated heterocycles. The van der Waals surface area contributed by atoms with E-state index in [0.29, 0.717) is 13.0 Å². The summed E-state index contributed by atoms with van der Waals surface area (Å²) < 4.78 is 5.68. The Morgan fingerprint density at radius 1 is 1.00 bits per heavy atom. The van der Waals surface area contributed by atoms with Crippen LogP contribution in [0.5, 0.6) is 5.75 Å². The zero-order chi connectivity index (χ0) is 13.2. The predicted molar refractivity (Wildman–Crippen MR) is 75.7 cm³/mol. The Hall–Kier alpha value is -2.09. The van der Waals surface area contributed by atoms with Gasteiger partial charge >= 0.3 is 0 Å². The predicted octanol–water partition coefficient (Wildman–Crippen LogP) is 3.88. The Balaban J connectivity index is 2.19. The van der Waals surface area contributed by atoms with Crippen molar-refractivity contribution in [2.45, 2.75) is 19.8 Å². The number of para-hydroxylation sites is 1. The first-order valence-electron chi connectivity index (χ1n) is 6.68. The molecule has 0 N–H and O–H groups in total. The Morgan fingerprint density at radius 3 is 2.63 bits per heavy atom. The molecule has 0 spiro atoms. The van der Waals surface area contributed by atoms with Gasteiger partial charge in [-0.15, -0.1) is 0 Å². The Kier molecular flexibility index (Phi) is 3.08. The number of carbonyl (C=O) groups is 1. The minimum Gasteiger partial charge on any atom is -0.493 e. The summed E-state index contributed by atoms with van der Waals surface area (Å²) in [5, 5.41) is 0. The van der Waals surface area contributed by atoms with Crippen LogP contribution < -0.4 is 4.74 Å². The molecule has 3 rings (SSSR count). The van der Waals surface area contributed by atoms with Gasteiger partial charge in [0.1, 0.15) is 5.75 Å². The highest BCUT2D eigenvalue weighted by atomic mass is 16.5. The molecular formula is C17H16O2. The molecule has 0 amide bonds. The lowest BCUT2D eigenvalue weighted by Crippen LogP contribution is -1.98. The van der Waals surface area contributed by atoms with Crippen LogP contribution in [0.25, 0.3) is 11.1 Å². The molecule has 1 aliphatic rings. The van der Waals surface area contributed by atoms with E-state index in [1.165, 1.54) is 0 Å². The molecule has 0 heterocycles. The van der Waals surface area contributed by atoms with Crippen LogP contribution in [0.15, 0.2) is 42.5 Å². The van der Waals surface area contributed by atoms with Crippen molar-refractivity contribution < 1.29 is 9.53 Å². The SMILES string of the molecule is CCOc1ccccc1-c1cccc2c1C(=O)CC2. The number of ether oxygens (including phenoxy) is 1. The first-order chi connectivity index (χ1) is 9.31. The van der Waals surface area contributed by atoms with Gasteiger partial charge in [0.15, 0.2) is 5.78 Å². The number of rotatable bonds is 3. The number of ketones is 1. The van der Waals surface area contributed by atoms with Crippen LogP contribution in [0.3, 0.4) is 0 Å². The Morgan fingerprint density at radius 2 is 1.79 bits per heavy atom. The summed E-state index contributed by atoms with van der Waals surface area (Å²) in [4.78, 5) is 12.1. The number of Topliss-reactive ketones (excluding diaryl/α,β-unsaturated/α-hetero) is 1. The van der Waals surface area contributed by atoms with Crippen molar-refractivity contribution in [2.75, 3.05) is 6.61 Å². The molecule has 1 aliphatic carbocycles. The van der Waals surface area contributed by atoms with E-state index < -0.39 is 0 Å². The third kappa shape index (κ3) is 2.03. The van der Waals surface area contributed by atoms with Crippen molar-refractivity contribution in [3.05, 3.63) is 53.6 Å². The van der Waals surface area contributed by atoms with E-state index in [1.54, 1.807) is 0 Å². The smallest absolute Gasteiger partial charge is 0.164 e. The van der Waals surface area contributed by atoms with Crippen LogP contribution in [0.4, 0.5) is 0 Å². The summed E-state index contributed by atoms with van der Waals surface area (Å²) in [6, 6.07) is 14.0. The molecule has 0 atom stereocenters. The van der Waals surface area contributed by atoms with Crippen LogP contribution in [-0.2, 0) is 6.42 Å². The second-order valence-corrected chi connectivity index (χ2v) is 4.69. The molecule has 0 aliphatic heterocycles. The van der Waals surface area contributed by atoms with Gasteiger partial charge < -0.3 is 4.74 Å². The maximum absolute atomic E-state index is 12.1. The second-order valence-electron chi connectivity index (χ2n) is 4.69. The normalized spacial score (nSPS) is 13.4. The summed E-state index contributed by atoms with van der Waals surface area (Å²) in [6.45, 7) is 2.59. The highest BCUT2D eigenvalue weighted by Gasteiger charge is 2.24. The van der Waals surface area contributed by atoms with Gasteiger partial charge in [0.05, 0.1) is 6.61 Å². The molecule has 19 heavy (non-hydrogen) atoms. The van der Waals surface area contributed by atoms with Crippen LogP contribution in [-0.4, -0.2) is 12.4 Å². The molecule has 96 valence electrons. The largest absolute Gasteiger partial charge is 0.493 e. The van der Waals surface area contributed by atoms with Crippen LogP contribution in [0, 0.1) is 0 Å². The van der Waals surface area contributed by atoms with Gasteiger partial charge in [-0.3, -0.25) is 4.79 Å². The molecule has 0 fully saturated rings. The fourth-order valence-electron chi connectivity index (χ4n) is 2.71. The van der Waals surface area contributed by atoms with Crippen molar-refractivity contribution in [2.24, 2.45) is 0 Å². The van der Waals surface area contributed by atoms with Gasteiger partial charge in [-0.25, -0.2) is 0 Å². The van der Waals surface area contributed by atoms with Gasteiger partial charge in [-0.05, 0) is 30.5 Å². The van der Waals surface area contributed by atoms with Crippen LogP contribution in [0.1, 0.15) is 29.3 Å². The lowest BCUT2D eigenvalue weighted by Gasteiger charge is -2.12. The summed E-state index contributed by atoms with van der Waals surface area (Å²) in [7, 11) is 0. The first kappa shape index (κ1) is 12.0. The van der Waals surface area contributed by atoms with E-state index in [2.05, 4.69) is 0 Å². The number of hydrogen-bond donors (Lipinski definition) is 0. The topological polar surface area (TPSA) is 26.3 Å². The highest BCUT2D eigenvalue weighted by Crippen LogP contribution is 2.36.